The minimum atomic E-state index is 0.0593. The van der Waals surface area contributed by atoms with E-state index in [2.05, 4.69) is 10.4 Å². The number of nitrogens with zero attached hydrogens (tertiary/aromatic N) is 2. The van der Waals surface area contributed by atoms with Crippen LogP contribution < -0.4 is 11.1 Å². The summed E-state index contributed by atoms with van der Waals surface area (Å²) in [6.07, 6.45) is 2.64. The third kappa shape index (κ3) is 2.34. The van der Waals surface area contributed by atoms with Crippen LogP contribution in [-0.2, 0) is 11.8 Å². The molecule has 0 aromatic carbocycles. The van der Waals surface area contributed by atoms with Crippen LogP contribution in [0.4, 0.5) is 5.69 Å². The number of amides is 1. The molecule has 0 spiro atoms. The first-order valence-corrected chi connectivity index (χ1v) is 6.05. The highest BCUT2D eigenvalue weighted by Crippen LogP contribution is 2.27. The van der Waals surface area contributed by atoms with Crippen LogP contribution in [0.2, 0.25) is 0 Å². The van der Waals surface area contributed by atoms with Gasteiger partial charge in [0, 0.05) is 19.0 Å². The van der Waals surface area contributed by atoms with E-state index < -0.39 is 0 Å². The minimum Gasteiger partial charge on any atom is -0.328 e. The Balaban J connectivity index is 2.08. The maximum atomic E-state index is 12.1. The smallest absolute Gasteiger partial charge is 0.227 e. The van der Waals surface area contributed by atoms with Crippen LogP contribution in [0, 0.1) is 19.8 Å². The number of rotatable bonds is 2. The molecular formula is C12H20N4O. The van der Waals surface area contributed by atoms with Crippen LogP contribution in [-0.4, -0.2) is 21.7 Å². The molecule has 1 aromatic heterocycles. The largest absolute Gasteiger partial charge is 0.328 e. The van der Waals surface area contributed by atoms with Gasteiger partial charge in [-0.1, -0.05) is 0 Å². The molecule has 5 heteroatoms. The first kappa shape index (κ1) is 12.1. The van der Waals surface area contributed by atoms with E-state index in [0.29, 0.717) is 0 Å². The molecule has 0 saturated heterocycles. The number of hydrogen-bond donors (Lipinski definition) is 2. The van der Waals surface area contributed by atoms with Gasteiger partial charge in [0.25, 0.3) is 0 Å². The lowest BCUT2D eigenvalue weighted by Crippen LogP contribution is -2.23. The van der Waals surface area contributed by atoms with Crippen molar-refractivity contribution >= 4 is 11.6 Å². The zero-order chi connectivity index (χ0) is 12.6. The summed E-state index contributed by atoms with van der Waals surface area (Å²) in [7, 11) is 1.88. The third-order valence-electron chi connectivity index (χ3n) is 3.60. The molecule has 3 N–H and O–H groups in total. The van der Waals surface area contributed by atoms with E-state index in [1.165, 1.54) is 0 Å². The molecule has 1 aromatic rings. The molecule has 2 rings (SSSR count). The summed E-state index contributed by atoms with van der Waals surface area (Å²) in [4.78, 5) is 12.1. The fourth-order valence-corrected chi connectivity index (χ4v) is 2.43. The van der Waals surface area contributed by atoms with Gasteiger partial charge < -0.3 is 11.1 Å². The number of nitrogens with two attached hydrogens (primary N) is 1. The maximum Gasteiger partial charge on any atom is 0.227 e. The van der Waals surface area contributed by atoms with Crippen LogP contribution in [0.3, 0.4) is 0 Å². The highest BCUT2D eigenvalue weighted by molar-refractivity contribution is 5.93. The Hall–Kier alpha value is -1.36. The van der Waals surface area contributed by atoms with Crippen molar-refractivity contribution in [1.29, 1.82) is 0 Å². The van der Waals surface area contributed by atoms with Gasteiger partial charge in [0.1, 0.15) is 0 Å². The van der Waals surface area contributed by atoms with E-state index in [0.717, 1.165) is 36.3 Å². The number of aryl methyl sites for hydroxylation is 2. The Labute approximate surface area is 101 Å². The van der Waals surface area contributed by atoms with E-state index >= 15 is 0 Å². The van der Waals surface area contributed by atoms with Gasteiger partial charge in [-0.05, 0) is 33.1 Å². The molecule has 1 fully saturated rings. The molecule has 1 amide bonds. The Morgan fingerprint density at radius 1 is 1.47 bits per heavy atom. The number of nitrogens with one attached hydrogen (secondary N) is 1. The molecule has 1 aliphatic rings. The molecule has 2 atom stereocenters. The van der Waals surface area contributed by atoms with Crippen LogP contribution in [0.1, 0.15) is 30.7 Å². The van der Waals surface area contributed by atoms with Crippen molar-refractivity contribution in [1.82, 2.24) is 9.78 Å². The third-order valence-corrected chi connectivity index (χ3v) is 3.60. The fourth-order valence-electron chi connectivity index (χ4n) is 2.43. The molecule has 0 bridgehead atoms. The zero-order valence-corrected chi connectivity index (χ0v) is 10.7. The van der Waals surface area contributed by atoms with E-state index in [-0.39, 0.29) is 17.9 Å². The summed E-state index contributed by atoms with van der Waals surface area (Å²) in [5, 5.41) is 7.27. The maximum absolute atomic E-state index is 12.1. The van der Waals surface area contributed by atoms with Gasteiger partial charge in [0.05, 0.1) is 17.1 Å². The van der Waals surface area contributed by atoms with Crippen molar-refractivity contribution in [3.63, 3.8) is 0 Å². The molecule has 94 valence electrons. The lowest BCUT2D eigenvalue weighted by atomic mass is 10.1. The van der Waals surface area contributed by atoms with Crippen LogP contribution in [0.5, 0.6) is 0 Å². The van der Waals surface area contributed by atoms with Crippen LogP contribution in [0.25, 0.3) is 0 Å². The lowest BCUT2D eigenvalue weighted by Gasteiger charge is -2.11. The first-order valence-electron chi connectivity index (χ1n) is 6.05. The van der Waals surface area contributed by atoms with Crippen molar-refractivity contribution in [2.45, 2.75) is 39.2 Å². The zero-order valence-electron chi connectivity index (χ0n) is 10.7. The van der Waals surface area contributed by atoms with Crippen molar-refractivity contribution in [2.24, 2.45) is 18.7 Å². The molecule has 0 aliphatic heterocycles. The molecule has 1 heterocycles. The van der Waals surface area contributed by atoms with E-state index in [1.54, 1.807) is 4.68 Å². The fraction of sp³-hybridized carbons (Fsp3) is 0.667. The van der Waals surface area contributed by atoms with Gasteiger partial charge in [-0.25, -0.2) is 0 Å². The van der Waals surface area contributed by atoms with Gasteiger partial charge in [0.2, 0.25) is 5.91 Å². The quantitative estimate of drug-likeness (QED) is 0.807. The molecule has 17 heavy (non-hydrogen) atoms. The summed E-state index contributed by atoms with van der Waals surface area (Å²) in [6, 6.07) is 0.182. The predicted octanol–water partition coefficient (Wildman–Crippen LogP) is 1.10. The second-order valence-electron chi connectivity index (χ2n) is 4.93. The summed E-state index contributed by atoms with van der Waals surface area (Å²) >= 11 is 0. The molecule has 0 radical (unpaired) electrons. The van der Waals surface area contributed by atoms with Crippen LogP contribution >= 0.6 is 0 Å². The molecule has 1 aliphatic carbocycles. The minimum absolute atomic E-state index is 0.0593. The Bertz CT molecular complexity index is 438. The molecule has 2 unspecified atom stereocenters. The lowest BCUT2D eigenvalue weighted by molar-refractivity contribution is -0.119. The van der Waals surface area contributed by atoms with Gasteiger partial charge in [0.15, 0.2) is 0 Å². The molecule has 5 nitrogen and oxygen atoms in total. The molecule has 1 saturated carbocycles. The van der Waals surface area contributed by atoms with Crippen molar-refractivity contribution in [2.75, 3.05) is 5.32 Å². The first-order chi connectivity index (χ1) is 7.99. The number of carbonyl (C=O) groups excluding carboxylic acids is 1. The normalized spacial score (nSPS) is 24.0. The summed E-state index contributed by atoms with van der Waals surface area (Å²) in [6.45, 7) is 3.86. The average molecular weight is 236 g/mol. The Morgan fingerprint density at radius 3 is 2.65 bits per heavy atom. The number of anilines is 1. The number of hydrogen-bond acceptors (Lipinski definition) is 3. The van der Waals surface area contributed by atoms with Crippen molar-refractivity contribution in [3.8, 4) is 0 Å². The predicted molar refractivity (Wildman–Crippen MR) is 66.6 cm³/mol. The van der Waals surface area contributed by atoms with Gasteiger partial charge >= 0.3 is 0 Å². The number of carbonyl (C=O) groups is 1. The van der Waals surface area contributed by atoms with Gasteiger partial charge in [-0.3, -0.25) is 9.48 Å². The van der Waals surface area contributed by atoms with E-state index in [1.807, 2.05) is 20.9 Å². The van der Waals surface area contributed by atoms with Crippen molar-refractivity contribution < 1.29 is 4.79 Å². The second kappa shape index (κ2) is 4.49. The SMILES string of the molecule is Cc1nn(C)c(C)c1NC(=O)C1CCC(N)C1. The molecular weight excluding hydrogens is 216 g/mol. The topological polar surface area (TPSA) is 72.9 Å². The van der Waals surface area contributed by atoms with Crippen molar-refractivity contribution in [3.05, 3.63) is 11.4 Å². The Kier molecular flexibility index (Phi) is 3.19. The highest BCUT2D eigenvalue weighted by Gasteiger charge is 2.28. The van der Waals surface area contributed by atoms with Gasteiger partial charge in [-0.15, -0.1) is 0 Å². The van der Waals surface area contributed by atoms with Crippen LogP contribution in [0.15, 0.2) is 0 Å². The van der Waals surface area contributed by atoms with E-state index in [4.69, 9.17) is 5.73 Å². The second-order valence-corrected chi connectivity index (χ2v) is 4.93. The standard InChI is InChI=1S/C12H20N4O/c1-7-11(8(2)16(3)15-7)14-12(17)9-4-5-10(13)6-9/h9-10H,4-6,13H2,1-3H3,(H,14,17). The summed E-state index contributed by atoms with van der Waals surface area (Å²) in [5.74, 6) is 0.140. The monoisotopic (exact) mass is 236 g/mol. The summed E-state index contributed by atoms with van der Waals surface area (Å²) in [5.41, 5.74) is 8.52. The highest BCUT2D eigenvalue weighted by atomic mass is 16.1. The summed E-state index contributed by atoms with van der Waals surface area (Å²) < 4.78 is 1.78. The van der Waals surface area contributed by atoms with E-state index in [9.17, 15) is 4.79 Å². The van der Waals surface area contributed by atoms with Gasteiger partial charge in [-0.2, -0.15) is 5.10 Å². The average Bonchev–Trinajstić information content (AvgIpc) is 2.79. The number of aromatic nitrogens is 2. The Morgan fingerprint density at radius 2 is 2.18 bits per heavy atom.